The number of hydrogen-bond donors (Lipinski definition) is 1. The molecule has 2 aromatic carbocycles. The smallest absolute Gasteiger partial charge is 0.336 e. The fraction of sp³-hybridized carbons (Fsp3) is 0. The van der Waals surface area contributed by atoms with E-state index in [1.807, 2.05) is 0 Å². The van der Waals surface area contributed by atoms with Gasteiger partial charge >= 0.3 is 5.97 Å². The van der Waals surface area contributed by atoms with Crippen LogP contribution in [0.4, 0.5) is 4.39 Å². The average Bonchev–Trinajstić information content (AvgIpc) is 2.27. The highest BCUT2D eigenvalue weighted by Crippen LogP contribution is 2.29. The molecule has 18 heavy (non-hydrogen) atoms. The SMILES string of the molecule is O=C(O)c1cc(Br)ccc1-c1cc(F)cc(Cl)c1. The van der Waals surface area contributed by atoms with Crippen molar-refractivity contribution in [3.05, 3.63) is 57.3 Å². The number of carbonyl (C=O) groups is 1. The Kier molecular flexibility index (Phi) is 3.68. The molecule has 0 saturated carbocycles. The molecule has 5 heteroatoms. The highest BCUT2D eigenvalue weighted by Gasteiger charge is 2.13. The number of hydrogen-bond acceptors (Lipinski definition) is 1. The third kappa shape index (κ3) is 2.71. The molecule has 0 fully saturated rings. The molecule has 2 nitrogen and oxygen atoms in total. The third-order valence-electron chi connectivity index (χ3n) is 2.39. The molecule has 0 unspecified atom stereocenters. The summed E-state index contributed by atoms with van der Waals surface area (Å²) in [7, 11) is 0. The maximum Gasteiger partial charge on any atom is 0.336 e. The first-order chi connectivity index (χ1) is 8.47. The second-order valence-corrected chi connectivity index (χ2v) is 5.01. The zero-order valence-electron chi connectivity index (χ0n) is 8.95. The van der Waals surface area contributed by atoms with Crippen LogP contribution in [0.2, 0.25) is 5.02 Å². The van der Waals surface area contributed by atoms with E-state index in [4.69, 9.17) is 16.7 Å². The molecule has 0 aliphatic heterocycles. The summed E-state index contributed by atoms with van der Waals surface area (Å²) in [4.78, 5) is 11.2. The van der Waals surface area contributed by atoms with E-state index in [2.05, 4.69) is 15.9 Å². The zero-order valence-corrected chi connectivity index (χ0v) is 11.3. The molecule has 0 radical (unpaired) electrons. The van der Waals surface area contributed by atoms with E-state index >= 15 is 0 Å². The first kappa shape index (κ1) is 13.1. The van der Waals surface area contributed by atoms with Crippen LogP contribution in [0.5, 0.6) is 0 Å². The molecular formula is C13H7BrClFO2. The first-order valence-corrected chi connectivity index (χ1v) is 6.14. The van der Waals surface area contributed by atoms with Crippen molar-refractivity contribution in [2.45, 2.75) is 0 Å². The largest absolute Gasteiger partial charge is 0.478 e. The number of rotatable bonds is 2. The lowest BCUT2D eigenvalue weighted by atomic mass is 10.00. The Bertz CT molecular complexity index is 608. The van der Waals surface area contributed by atoms with Gasteiger partial charge < -0.3 is 5.11 Å². The Balaban J connectivity index is 2.66. The normalized spacial score (nSPS) is 10.4. The summed E-state index contributed by atoms with van der Waals surface area (Å²) < 4.78 is 13.9. The van der Waals surface area contributed by atoms with Crippen LogP contribution in [0.25, 0.3) is 11.1 Å². The predicted octanol–water partition coefficient (Wildman–Crippen LogP) is 4.61. The van der Waals surface area contributed by atoms with Crippen molar-refractivity contribution in [1.82, 2.24) is 0 Å². The van der Waals surface area contributed by atoms with Crippen molar-refractivity contribution in [1.29, 1.82) is 0 Å². The molecule has 0 aliphatic carbocycles. The van der Waals surface area contributed by atoms with Gasteiger partial charge in [0.2, 0.25) is 0 Å². The van der Waals surface area contributed by atoms with Gasteiger partial charge in [-0.25, -0.2) is 9.18 Å². The summed E-state index contributed by atoms with van der Waals surface area (Å²) in [6.45, 7) is 0. The molecule has 0 heterocycles. The summed E-state index contributed by atoms with van der Waals surface area (Å²) in [5.41, 5.74) is 0.947. The molecule has 0 bridgehead atoms. The summed E-state index contributed by atoms with van der Waals surface area (Å²) in [6.07, 6.45) is 0. The highest BCUT2D eigenvalue weighted by molar-refractivity contribution is 9.10. The van der Waals surface area contributed by atoms with Crippen LogP contribution >= 0.6 is 27.5 Å². The van der Waals surface area contributed by atoms with Crippen molar-refractivity contribution in [3.8, 4) is 11.1 Å². The van der Waals surface area contributed by atoms with Crippen LogP contribution in [0.15, 0.2) is 40.9 Å². The van der Waals surface area contributed by atoms with Gasteiger partial charge in [0, 0.05) is 9.50 Å². The molecule has 92 valence electrons. The quantitative estimate of drug-likeness (QED) is 0.874. The van der Waals surface area contributed by atoms with Gasteiger partial charge in [-0.15, -0.1) is 0 Å². The van der Waals surface area contributed by atoms with Crippen molar-refractivity contribution in [2.24, 2.45) is 0 Å². The lowest BCUT2D eigenvalue weighted by Crippen LogP contribution is -1.99. The highest BCUT2D eigenvalue weighted by atomic mass is 79.9. The maximum absolute atomic E-state index is 13.3. The minimum Gasteiger partial charge on any atom is -0.478 e. The van der Waals surface area contributed by atoms with Crippen LogP contribution in [-0.2, 0) is 0 Å². The fourth-order valence-electron chi connectivity index (χ4n) is 1.65. The Morgan fingerprint density at radius 1 is 1.22 bits per heavy atom. The van der Waals surface area contributed by atoms with E-state index in [9.17, 15) is 9.18 Å². The first-order valence-electron chi connectivity index (χ1n) is 4.96. The lowest BCUT2D eigenvalue weighted by molar-refractivity contribution is 0.0697. The molecule has 0 amide bonds. The van der Waals surface area contributed by atoms with Gasteiger partial charge in [0.05, 0.1) is 5.56 Å². The molecule has 0 spiro atoms. The summed E-state index contributed by atoms with van der Waals surface area (Å²) >= 11 is 8.97. The van der Waals surface area contributed by atoms with Crippen molar-refractivity contribution in [3.63, 3.8) is 0 Å². The molecule has 0 aromatic heterocycles. The van der Waals surface area contributed by atoms with Gasteiger partial charge in [-0.1, -0.05) is 33.6 Å². The molecule has 2 aromatic rings. The monoisotopic (exact) mass is 328 g/mol. The van der Waals surface area contributed by atoms with Crippen LogP contribution in [0, 0.1) is 5.82 Å². The number of aromatic carboxylic acids is 1. The van der Waals surface area contributed by atoms with E-state index in [-0.39, 0.29) is 10.6 Å². The second kappa shape index (κ2) is 5.08. The average molecular weight is 330 g/mol. The molecule has 0 atom stereocenters. The van der Waals surface area contributed by atoms with Crippen molar-refractivity contribution < 1.29 is 14.3 Å². The van der Waals surface area contributed by atoms with Crippen LogP contribution in [0.1, 0.15) is 10.4 Å². The standard InChI is InChI=1S/C13H7BrClFO2/c14-8-1-2-11(12(5-8)13(17)18)7-3-9(15)6-10(16)4-7/h1-6H,(H,17,18). The Morgan fingerprint density at radius 3 is 2.56 bits per heavy atom. The van der Waals surface area contributed by atoms with Gasteiger partial charge in [-0.2, -0.15) is 0 Å². The van der Waals surface area contributed by atoms with Gasteiger partial charge in [-0.05, 0) is 41.5 Å². The van der Waals surface area contributed by atoms with E-state index < -0.39 is 11.8 Å². The van der Waals surface area contributed by atoms with E-state index in [1.165, 1.54) is 24.3 Å². The van der Waals surface area contributed by atoms with Crippen molar-refractivity contribution in [2.75, 3.05) is 0 Å². The van der Waals surface area contributed by atoms with Gasteiger partial charge in [0.15, 0.2) is 0 Å². The Morgan fingerprint density at radius 2 is 1.94 bits per heavy atom. The minimum atomic E-state index is -1.08. The minimum absolute atomic E-state index is 0.0889. The second-order valence-electron chi connectivity index (χ2n) is 3.65. The third-order valence-corrected chi connectivity index (χ3v) is 3.10. The molecule has 2 rings (SSSR count). The van der Waals surface area contributed by atoms with E-state index in [1.54, 1.807) is 12.1 Å². The van der Waals surface area contributed by atoms with Gasteiger partial charge in [0.1, 0.15) is 5.82 Å². The van der Waals surface area contributed by atoms with E-state index in [0.717, 1.165) is 0 Å². The number of halogens is 3. The fourth-order valence-corrected chi connectivity index (χ4v) is 2.24. The molecule has 0 saturated heterocycles. The number of carboxylic acids is 1. The molecule has 0 aliphatic rings. The van der Waals surface area contributed by atoms with Gasteiger partial charge in [-0.3, -0.25) is 0 Å². The topological polar surface area (TPSA) is 37.3 Å². The van der Waals surface area contributed by atoms with Crippen LogP contribution in [0.3, 0.4) is 0 Å². The lowest BCUT2D eigenvalue weighted by Gasteiger charge is -2.07. The zero-order chi connectivity index (χ0) is 13.3. The van der Waals surface area contributed by atoms with Crippen LogP contribution in [-0.4, -0.2) is 11.1 Å². The molecule has 1 N–H and O–H groups in total. The summed E-state index contributed by atoms with van der Waals surface area (Å²) in [5.74, 6) is -1.58. The van der Waals surface area contributed by atoms with Crippen molar-refractivity contribution >= 4 is 33.5 Å². The summed E-state index contributed by atoms with van der Waals surface area (Å²) in [5, 5.41) is 9.37. The number of carboxylic acid groups (broad SMARTS) is 1. The maximum atomic E-state index is 13.3. The number of benzene rings is 2. The van der Waals surface area contributed by atoms with Gasteiger partial charge in [0.25, 0.3) is 0 Å². The van der Waals surface area contributed by atoms with E-state index in [0.29, 0.717) is 15.6 Å². The Labute approximate surface area is 116 Å². The van der Waals surface area contributed by atoms with Crippen LogP contribution < -0.4 is 0 Å². The molecular weight excluding hydrogens is 322 g/mol. The Hall–Kier alpha value is -1.39. The predicted molar refractivity (Wildman–Crippen MR) is 71.5 cm³/mol. The summed E-state index contributed by atoms with van der Waals surface area (Å²) in [6, 6.07) is 8.72.